The van der Waals surface area contributed by atoms with Crippen LogP contribution < -0.4 is 10.6 Å². The molecule has 0 amide bonds. The van der Waals surface area contributed by atoms with Crippen LogP contribution in [-0.4, -0.2) is 28.7 Å². The average Bonchev–Trinajstić information content (AvgIpc) is 2.66. The van der Waals surface area contributed by atoms with Crippen molar-refractivity contribution < 1.29 is 13.2 Å². The van der Waals surface area contributed by atoms with Crippen molar-refractivity contribution in [2.45, 2.75) is 26.1 Å². The summed E-state index contributed by atoms with van der Waals surface area (Å²) in [5.74, 6) is 0.202. The van der Waals surface area contributed by atoms with Gasteiger partial charge in [-0.25, -0.2) is 4.98 Å². The predicted octanol–water partition coefficient (Wildman–Crippen LogP) is 2.92. The molecule has 1 aromatic carbocycles. The topological polar surface area (TPSA) is 57.9 Å². The van der Waals surface area contributed by atoms with E-state index in [9.17, 15) is 13.2 Å². The molecule has 0 aliphatic heterocycles. The van der Waals surface area contributed by atoms with Crippen LogP contribution in [0.25, 0.3) is 11.0 Å². The van der Waals surface area contributed by atoms with Crippen LogP contribution in [-0.2, 0) is 0 Å². The molecular weight excluding hydrogens is 257 g/mol. The van der Waals surface area contributed by atoms with Crippen LogP contribution in [0.2, 0.25) is 0 Å². The van der Waals surface area contributed by atoms with E-state index in [1.54, 1.807) is 32.0 Å². The van der Waals surface area contributed by atoms with E-state index in [2.05, 4.69) is 9.97 Å². The molecule has 2 rings (SSSR count). The summed E-state index contributed by atoms with van der Waals surface area (Å²) in [7, 11) is 0. The van der Waals surface area contributed by atoms with E-state index >= 15 is 0 Å². The molecule has 104 valence electrons. The van der Waals surface area contributed by atoms with Gasteiger partial charge in [0.05, 0.1) is 11.0 Å². The van der Waals surface area contributed by atoms with Gasteiger partial charge in [-0.2, -0.15) is 13.2 Å². The number of anilines is 2. The van der Waals surface area contributed by atoms with Gasteiger partial charge in [0.25, 0.3) is 0 Å². The molecule has 0 bridgehead atoms. The minimum absolute atomic E-state index is 0.202. The molecule has 3 N–H and O–H groups in total. The average molecular weight is 272 g/mol. The van der Waals surface area contributed by atoms with E-state index in [1.165, 1.54) is 4.90 Å². The first-order chi connectivity index (χ1) is 8.76. The van der Waals surface area contributed by atoms with Crippen LogP contribution in [0.5, 0.6) is 0 Å². The molecule has 0 saturated heterocycles. The maximum absolute atomic E-state index is 12.6. The third-order valence-electron chi connectivity index (χ3n) is 2.74. The molecule has 1 heterocycles. The summed E-state index contributed by atoms with van der Waals surface area (Å²) in [5, 5.41) is 0. The molecule has 0 spiro atoms. The summed E-state index contributed by atoms with van der Waals surface area (Å²) in [5.41, 5.74) is 7.39. The van der Waals surface area contributed by atoms with Crippen molar-refractivity contribution in [1.82, 2.24) is 9.97 Å². The van der Waals surface area contributed by atoms with E-state index in [1.807, 2.05) is 0 Å². The molecule has 0 saturated carbocycles. The molecule has 0 fully saturated rings. The second-order valence-electron chi connectivity index (χ2n) is 4.67. The standard InChI is InChI=1S/C12H15F3N4/c1-7(2)19(6-12(13,14)15)11-17-9-4-3-8(16)5-10(9)18-11/h3-5,7H,6,16H2,1-2H3,(H,17,18). The first-order valence-corrected chi connectivity index (χ1v) is 5.85. The predicted molar refractivity (Wildman–Crippen MR) is 69.0 cm³/mol. The Kier molecular flexibility index (Phi) is 3.30. The molecule has 0 radical (unpaired) electrons. The van der Waals surface area contributed by atoms with Crippen LogP contribution in [0, 0.1) is 0 Å². The largest absolute Gasteiger partial charge is 0.406 e. The number of hydrogen-bond donors (Lipinski definition) is 2. The van der Waals surface area contributed by atoms with Crippen molar-refractivity contribution in [2.75, 3.05) is 17.2 Å². The Morgan fingerprint density at radius 2 is 2.05 bits per heavy atom. The second kappa shape index (κ2) is 4.64. The molecule has 0 aliphatic rings. The third kappa shape index (κ3) is 3.10. The van der Waals surface area contributed by atoms with Gasteiger partial charge in [0.15, 0.2) is 0 Å². The number of nitrogens with two attached hydrogens (primary N) is 1. The van der Waals surface area contributed by atoms with Gasteiger partial charge in [0, 0.05) is 11.7 Å². The number of rotatable bonds is 3. The van der Waals surface area contributed by atoms with Crippen molar-refractivity contribution in [3.8, 4) is 0 Å². The number of aromatic nitrogens is 2. The van der Waals surface area contributed by atoms with Crippen molar-refractivity contribution in [2.24, 2.45) is 0 Å². The van der Waals surface area contributed by atoms with Gasteiger partial charge in [-0.15, -0.1) is 0 Å². The maximum atomic E-state index is 12.6. The summed E-state index contributed by atoms with van der Waals surface area (Å²) in [6.07, 6.45) is -4.28. The molecule has 0 unspecified atom stereocenters. The highest BCUT2D eigenvalue weighted by molar-refractivity contribution is 5.80. The van der Waals surface area contributed by atoms with Crippen molar-refractivity contribution >= 4 is 22.7 Å². The van der Waals surface area contributed by atoms with Gasteiger partial charge in [0.1, 0.15) is 6.54 Å². The van der Waals surface area contributed by atoms with Gasteiger partial charge in [0.2, 0.25) is 5.95 Å². The first kappa shape index (κ1) is 13.5. The number of hydrogen-bond acceptors (Lipinski definition) is 3. The van der Waals surface area contributed by atoms with Crippen molar-refractivity contribution in [1.29, 1.82) is 0 Å². The lowest BCUT2D eigenvalue weighted by Crippen LogP contribution is -2.39. The Labute approximate surface area is 108 Å². The zero-order valence-corrected chi connectivity index (χ0v) is 10.6. The summed E-state index contributed by atoms with van der Waals surface area (Å²) >= 11 is 0. The van der Waals surface area contributed by atoms with Crippen LogP contribution in [0.15, 0.2) is 18.2 Å². The van der Waals surface area contributed by atoms with Crippen molar-refractivity contribution in [3.05, 3.63) is 18.2 Å². The van der Waals surface area contributed by atoms with Gasteiger partial charge in [-0.05, 0) is 32.0 Å². The fraction of sp³-hybridized carbons (Fsp3) is 0.417. The van der Waals surface area contributed by atoms with E-state index in [-0.39, 0.29) is 12.0 Å². The molecule has 0 aliphatic carbocycles. The van der Waals surface area contributed by atoms with Gasteiger partial charge < -0.3 is 15.6 Å². The molecule has 1 aromatic heterocycles. The number of nitrogen functional groups attached to an aromatic ring is 1. The quantitative estimate of drug-likeness (QED) is 0.845. The summed E-state index contributed by atoms with van der Waals surface area (Å²) < 4.78 is 37.7. The van der Waals surface area contributed by atoms with Gasteiger partial charge in [-0.3, -0.25) is 0 Å². The Morgan fingerprint density at radius 3 is 2.63 bits per heavy atom. The van der Waals surface area contributed by atoms with Gasteiger partial charge in [-0.1, -0.05) is 0 Å². The Balaban J connectivity index is 2.39. The number of imidazole rings is 1. The fourth-order valence-corrected chi connectivity index (χ4v) is 1.84. The number of halogens is 3. The third-order valence-corrected chi connectivity index (χ3v) is 2.74. The summed E-state index contributed by atoms with van der Waals surface area (Å²) in [6, 6.07) is 4.67. The van der Waals surface area contributed by atoms with Crippen LogP contribution in [0.4, 0.5) is 24.8 Å². The Morgan fingerprint density at radius 1 is 1.37 bits per heavy atom. The van der Waals surface area contributed by atoms with E-state index in [4.69, 9.17) is 5.73 Å². The minimum atomic E-state index is -4.28. The minimum Gasteiger partial charge on any atom is -0.399 e. The lowest BCUT2D eigenvalue weighted by molar-refractivity contribution is -0.120. The number of aromatic amines is 1. The molecule has 2 aromatic rings. The van der Waals surface area contributed by atoms with E-state index in [0.29, 0.717) is 16.7 Å². The Hall–Kier alpha value is -1.92. The van der Waals surface area contributed by atoms with E-state index in [0.717, 1.165) is 0 Å². The molecular formula is C12H15F3N4. The lowest BCUT2D eigenvalue weighted by atomic mass is 10.3. The number of H-pyrrole nitrogens is 1. The summed E-state index contributed by atoms with van der Waals surface area (Å²) in [6.45, 7) is 2.33. The monoisotopic (exact) mass is 272 g/mol. The Bertz CT molecular complexity index is 574. The normalized spacial score (nSPS) is 12.3. The number of fused-ring (bicyclic) bond motifs is 1. The SMILES string of the molecule is CC(C)N(CC(F)(F)F)c1nc2ccc(N)cc2[nH]1. The highest BCUT2D eigenvalue weighted by atomic mass is 19.4. The van der Waals surface area contributed by atoms with Crippen LogP contribution in [0.1, 0.15) is 13.8 Å². The maximum Gasteiger partial charge on any atom is 0.406 e. The summed E-state index contributed by atoms with van der Waals surface area (Å²) in [4.78, 5) is 8.23. The van der Waals surface area contributed by atoms with Crippen LogP contribution in [0.3, 0.4) is 0 Å². The number of alkyl halides is 3. The van der Waals surface area contributed by atoms with Gasteiger partial charge >= 0.3 is 6.18 Å². The highest BCUT2D eigenvalue weighted by Gasteiger charge is 2.33. The lowest BCUT2D eigenvalue weighted by Gasteiger charge is -2.27. The highest BCUT2D eigenvalue weighted by Crippen LogP contribution is 2.25. The van der Waals surface area contributed by atoms with Crippen LogP contribution >= 0.6 is 0 Å². The number of nitrogens with one attached hydrogen (secondary N) is 1. The molecule has 7 heteroatoms. The number of nitrogens with zero attached hydrogens (tertiary/aromatic N) is 2. The molecule has 19 heavy (non-hydrogen) atoms. The number of benzene rings is 1. The molecule has 0 atom stereocenters. The molecule has 4 nitrogen and oxygen atoms in total. The van der Waals surface area contributed by atoms with E-state index < -0.39 is 12.7 Å². The smallest absolute Gasteiger partial charge is 0.399 e. The zero-order chi connectivity index (χ0) is 14.2. The fourth-order valence-electron chi connectivity index (χ4n) is 1.84. The zero-order valence-electron chi connectivity index (χ0n) is 10.6. The second-order valence-corrected chi connectivity index (χ2v) is 4.67. The van der Waals surface area contributed by atoms with Crippen molar-refractivity contribution in [3.63, 3.8) is 0 Å². The first-order valence-electron chi connectivity index (χ1n) is 5.85.